The Morgan fingerprint density at radius 1 is 1.03 bits per heavy atom. The third-order valence-electron chi connectivity index (χ3n) is 4.99. The van der Waals surface area contributed by atoms with Crippen LogP contribution >= 0.6 is 0 Å². The number of hydrogen-bond acceptors (Lipinski definition) is 7. The number of carbonyl (C=O) groups excluding carboxylic acids is 1. The zero-order valence-corrected chi connectivity index (χ0v) is 17.0. The second-order valence-corrected chi connectivity index (χ2v) is 6.95. The summed E-state index contributed by atoms with van der Waals surface area (Å²) in [5.74, 6) is 0.811. The second-order valence-electron chi connectivity index (χ2n) is 6.95. The van der Waals surface area contributed by atoms with Gasteiger partial charge in [-0.25, -0.2) is 9.97 Å². The second kappa shape index (κ2) is 10.2. The van der Waals surface area contributed by atoms with Gasteiger partial charge in [0.25, 0.3) is 0 Å². The van der Waals surface area contributed by atoms with Crippen molar-refractivity contribution in [3.8, 4) is 11.5 Å². The average Bonchev–Trinajstić information content (AvgIpc) is 2.97. The predicted molar refractivity (Wildman–Crippen MR) is 109 cm³/mol. The predicted octanol–water partition coefficient (Wildman–Crippen LogP) is -1.30. The molecule has 0 spiro atoms. The molecule has 0 amide bonds. The van der Waals surface area contributed by atoms with Crippen LogP contribution in [0.3, 0.4) is 0 Å². The summed E-state index contributed by atoms with van der Waals surface area (Å²) in [5, 5.41) is 13.8. The van der Waals surface area contributed by atoms with Gasteiger partial charge < -0.3 is 20.1 Å². The summed E-state index contributed by atoms with van der Waals surface area (Å²) >= 11 is 0. The molecule has 148 valence electrons. The number of carboxylic acids is 1. The molecule has 0 saturated carbocycles. The molecule has 3 aromatic rings. The fourth-order valence-electron chi connectivity index (χ4n) is 3.49. The third kappa shape index (κ3) is 5.38. The Balaban J connectivity index is 0.00000256. The van der Waals surface area contributed by atoms with Crippen molar-refractivity contribution >= 4 is 17.6 Å². The van der Waals surface area contributed by atoms with Crippen LogP contribution in [0.15, 0.2) is 54.7 Å². The molecule has 7 nitrogen and oxygen atoms in total. The molecule has 0 unspecified atom stereocenters. The van der Waals surface area contributed by atoms with Gasteiger partial charge in [0.1, 0.15) is 17.3 Å². The summed E-state index contributed by atoms with van der Waals surface area (Å²) in [7, 11) is 0. The standard InChI is InChI=1S/C22H23N5O2.Li/c28-21(29)8-12-24-19-15-20(26-22(25-19)18-7-3-4-11-23-18)27-13-9-16-5-1-2-6-17(16)10-14-27;/h1-7,11,15H,8-10,12-14H2,(H,28,29)(H,24,25,26);/q;+1/p-1. The minimum absolute atomic E-state index is 0. The van der Waals surface area contributed by atoms with Crippen LogP contribution in [-0.2, 0) is 17.6 Å². The van der Waals surface area contributed by atoms with Crippen LogP contribution < -0.4 is 34.2 Å². The number of aliphatic carboxylic acids is 1. The number of fused-ring (bicyclic) bond motifs is 1. The van der Waals surface area contributed by atoms with E-state index in [-0.39, 0.29) is 31.8 Å². The summed E-state index contributed by atoms with van der Waals surface area (Å²) in [6.07, 6.45) is 3.52. The van der Waals surface area contributed by atoms with Crippen LogP contribution in [0.4, 0.5) is 11.6 Å². The smallest absolute Gasteiger partial charge is 0.550 e. The normalized spacial score (nSPS) is 13.0. The van der Waals surface area contributed by atoms with Crippen molar-refractivity contribution in [1.29, 1.82) is 0 Å². The van der Waals surface area contributed by atoms with Gasteiger partial charge in [-0.1, -0.05) is 30.3 Å². The fraction of sp³-hybridized carbons (Fsp3) is 0.273. The number of carboxylic acid groups (broad SMARTS) is 1. The molecule has 3 heterocycles. The van der Waals surface area contributed by atoms with Gasteiger partial charge in [-0.3, -0.25) is 4.98 Å². The molecule has 8 heteroatoms. The van der Waals surface area contributed by atoms with Crippen molar-refractivity contribution in [2.75, 3.05) is 29.9 Å². The van der Waals surface area contributed by atoms with Gasteiger partial charge in [-0.05, 0) is 36.1 Å². The SMILES string of the molecule is O=C([O-])CCNc1cc(N2CCc3ccccc3CC2)nc(-c2ccccn2)n1.[Li+]. The number of carbonyl (C=O) groups is 1. The number of anilines is 2. The van der Waals surface area contributed by atoms with Crippen molar-refractivity contribution in [1.82, 2.24) is 15.0 Å². The van der Waals surface area contributed by atoms with Gasteiger partial charge in [0.2, 0.25) is 0 Å². The molecular formula is C22H22LiN5O2. The van der Waals surface area contributed by atoms with Crippen LogP contribution in [0, 0.1) is 0 Å². The topological polar surface area (TPSA) is 94.1 Å². The third-order valence-corrected chi connectivity index (χ3v) is 4.99. The molecule has 2 aromatic heterocycles. The zero-order chi connectivity index (χ0) is 20.1. The summed E-state index contributed by atoms with van der Waals surface area (Å²) in [4.78, 5) is 26.6. The van der Waals surface area contributed by atoms with Crippen LogP contribution in [0.25, 0.3) is 11.5 Å². The van der Waals surface area contributed by atoms with Crippen molar-refractivity contribution in [3.63, 3.8) is 0 Å². The number of hydrogen-bond donors (Lipinski definition) is 1. The van der Waals surface area contributed by atoms with Gasteiger partial charge in [-0.2, -0.15) is 0 Å². The Morgan fingerprint density at radius 3 is 2.37 bits per heavy atom. The van der Waals surface area contributed by atoms with E-state index in [1.807, 2.05) is 24.3 Å². The molecule has 0 aliphatic carbocycles. The summed E-state index contributed by atoms with van der Waals surface area (Å²) < 4.78 is 0. The molecule has 0 bridgehead atoms. The average molecular weight is 395 g/mol. The van der Waals surface area contributed by atoms with Gasteiger partial charge in [-0.15, -0.1) is 0 Å². The molecule has 1 N–H and O–H groups in total. The molecule has 1 aromatic carbocycles. The maximum Gasteiger partial charge on any atom is 1.00 e. The molecule has 1 aliphatic rings. The molecule has 0 saturated heterocycles. The number of pyridine rings is 1. The monoisotopic (exact) mass is 395 g/mol. The molecule has 0 radical (unpaired) electrons. The van der Waals surface area contributed by atoms with Crippen molar-refractivity contribution in [2.45, 2.75) is 19.3 Å². The number of rotatable bonds is 6. The Morgan fingerprint density at radius 2 is 1.73 bits per heavy atom. The minimum atomic E-state index is -1.10. The molecule has 0 fully saturated rings. The van der Waals surface area contributed by atoms with E-state index in [1.165, 1.54) is 11.1 Å². The Hall–Kier alpha value is -2.88. The zero-order valence-electron chi connectivity index (χ0n) is 17.0. The van der Waals surface area contributed by atoms with E-state index in [0.717, 1.165) is 31.7 Å². The van der Waals surface area contributed by atoms with E-state index in [0.29, 0.717) is 17.3 Å². The van der Waals surface area contributed by atoms with Crippen molar-refractivity contribution in [2.24, 2.45) is 0 Å². The van der Waals surface area contributed by atoms with Crippen LogP contribution in [0.2, 0.25) is 0 Å². The first kappa shape index (κ1) is 21.8. The summed E-state index contributed by atoms with van der Waals surface area (Å²) in [6, 6.07) is 16.0. The number of benzene rings is 1. The van der Waals surface area contributed by atoms with Crippen molar-refractivity contribution < 1.29 is 28.8 Å². The van der Waals surface area contributed by atoms with Crippen LogP contribution in [0.5, 0.6) is 0 Å². The van der Waals surface area contributed by atoms with E-state index in [1.54, 1.807) is 6.20 Å². The van der Waals surface area contributed by atoms with E-state index < -0.39 is 5.97 Å². The largest absolute Gasteiger partial charge is 1.00 e. The van der Waals surface area contributed by atoms with E-state index in [2.05, 4.69) is 44.5 Å². The van der Waals surface area contributed by atoms with Gasteiger partial charge >= 0.3 is 18.9 Å². The Kier molecular flexibility index (Phi) is 7.45. The van der Waals surface area contributed by atoms with Crippen LogP contribution in [0.1, 0.15) is 17.5 Å². The number of nitrogens with one attached hydrogen (secondary N) is 1. The van der Waals surface area contributed by atoms with E-state index >= 15 is 0 Å². The van der Waals surface area contributed by atoms with Gasteiger partial charge in [0.05, 0.1) is 0 Å². The quantitative estimate of drug-likeness (QED) is 0.519. The fourth-order valence-corrected chi connectivity index (χ4v) is 3.49. The van der Waals surface area contributed by atoms with E-state index in [9.17, 15) is 9.90 Å². The molecule has 0 atom stereocenters. The summed E-state index contributed by atoms with van der Waals surface area (Å²) in [5.41, 5.74) is 3.43. The minimum Gasteiger partial charge on any atom is -0.550 e. The van der Waals surface area contributed by atoms with Gasteiger partial charge in [0, 0.05) is 44.3 Å². The van der Waals surface area contributed by atoms with Gasteiger partial charge in [0.15, 0.2) is 5.82 Å². The maximum absolute atomic E-state index is 10.7. The molecule has 4 rings (SSSR count). The first-order chi connectivity index (χ1) is 14.2. The first-order valence-corrected chi connectivity index (χ1v) is 9.75. The Bertz CT molecular complexity index is 973. The molecule has 30 heavy (non-hydrogen) atoms. The van der Waals surface area contributed by atoms with E-state index in [4.69, 9.17) is 4.98 Å². The number of aromatic nitrogens is 3. The molecule has 1 aliphatic heterocycles. The first-order valence-electron chi connectivity index (χ1n) is 9.75. The molecular weight excluding hydrogens is 373 g/mol. The van der Waals surface area contributed by atoms with Crippen molar-refractivity contribution in [3.05, 3.63) is 65.9 Å². The summed E-state index contributed by atoms with van der Waals surface area (Å²) in [6.45, 7) is 1.95. The number of nitrogens with zero attached hydrogens (tertiary/aromatic N) is 4. The Labute approximate surface area is 187 Å². The van der Waals surface area contributed by atoms with Crippen LogP contribution in [-0.4, -0.2) is 40.6 Å². The maximum atomic E-state index is 10.7.